The second-order valence-electron chi connectivity index (χ2n) is 2.99. The number of nitrogens with zero attached hydrogens (tertiary/aromatic N) is 2. The lowest BCUT2D eigenvalue weighted by Gasteiger charge is -2.06. The molecule has 1 aromatic carbocycles. The van der Waals surface area contributed by atoms with E-state index in [1.54, 1.807) is 7.11 Å². The lowest BCUT2D eigenvalue weighted by Crippen LogP contribution is -1.96. The Bertz CT molecular complexity index is 471. The van der Waals surface area contributed by atoms with Crippen molar-refractivity contribution in [2.45, 2.75) is 6.92 Å². The van der Waals surface area contributed by atoms with Crippen molar-refractivity contribution < 1.29 is 9.47 Å². The molecule has 0 aliphatic rings. The molecule has 1 aromatic heterocycles. The minimum absolute atomic E-state index is 0.595. The molecule has 2 rings (SSSR count). The molecule has 4 heteroatoms. The molecule has 0 amide bonds. The van der Waals surface area contributed by atoms with Crippen LogP contribution in [0.1, 0.15) is 6.92 Å². The van der Waals surface area contributed by atoms with Crippen molar-refractivity contribution in [1.29, 1.82) is 0 Å². The highest BCUT2D eigenvalue weighted by atomic mass is 16.5. The van der Waals surface area contributed by atoms with Gasteiger partial charge >= 0.3 is 0 Å². The molecule has 15 heavy (non-hydrogen) atoms. The van der Waals surface area contributed by atoms with Crippen molar-refractivity contribution in [3.05, 3.63) is 24.5 Å². The first-order chi connectivity index (χ1) is 7.35. The molecule has 4 nitrogen and oxygen atoms in total. The van der Waals surface area contributed by atoms with Gasteiger partial charge in [-0.05, 0) is 19.1 Å². The molecule has 0 unspecified atom stereocenters. The van der Waals surface area contributed by atoms with Gasteiger partial charge < -0.3 is 9.47 Å². The molecule has 2 aromatic rings. The molecule has 0 bridgehead atoms. The van der Waals surface area contributed by atoms with Crippen molar-refractivity contribution >= 4 is 10.9 Å². The van der Waals surface area contributed by atoms with Gasteiger partial charge in [0.25, 0.3) is 0 Å². The zero-order valence-corrected chi connectivity index (χ0v) is 8.73. The third-order valence-electron chi connectivity index (χ3n) is 2.09. The summed E-state index contributed by atoms with van der Waals surface area (Å²) in [6.45, 7) is 2.52. The second-order valence-corrected chi connectivity index (χ2v) is 2.99. The molecular weight excluding hydrogens is 192 g/mol. The SMILES string of the molecule is CCOc1ncnc2cc(OC)ccc12. The van der Waals surface area contributed by atoms with Crippen LogP contribution in [0.5, 0.6) is 11.6 Å². The zero-order valence-electron chi connectivity index (χ0n) is 8.73. The number of rotatable bonds is 3. The van der Waals surface area contributed by atoms with Gasteiger partial charge in [0.1, 0.15) is 12.1 Å². The summed E-state index contributed by atoms with van der Waals surface area (Å²) in [7, 11) is 1.63. The first-order valence-corrected chi connectivity index (χ1v) is 4.76. The summed E-state index contributed by atoms with van der Waals surface area (Å²) in [4.78, 5) is 8.24. The van der Waals surface area contributed by atoms with E-state index in [2.05, 4.69) is 9.97 Å². The molecule has 0 radical (unpaired) electrons. The molecule has 0 atom stereocenters. The van der Waals surface area contributed by atoms with Crippen LogP contribution in [-0.2, 0) is 0 Å². The Morgan fingerprint density at radius 1 is 1.27 bits per heavy atom. The Balaban J connectivity index is 2.56. The summed E-state index contributed by atoms with van der Waals surface area (Å²) < 4.78 is 10.5. The molecule has 0 aliphatic carbocycles. The summed E-state index contributed by atoms with van der Waals surface area (Å²) in [6.07, 6.45) is 1.49. The Hall–Kier alpha value is -1.84. The van der Waals surface area contributed by atoms with Crippen LogP contribution >= 0.6 is 0 Å². The zero-order chi connectivity index (χ0) is 10.7. The number of ether oxygens (including phenoxy) is 2. The summed E-state index contributed by atoms with van der Waals surface area (Å²) in [5.74, 6) is 1.40. The van der Waals surface area contributed by atoms with Crippen LogP contribution in [0.25, 0.3) is 10.9 Å². The highest BCUT2D eigenvalue weighted by Crippen LogP contribution is 2.24. The molecule has 0 spiro atoms. The fraction of sp³-hybridized carbons (Fsp3) is 0.273. The standard InChI is InChI=1S/C11H12N2O2/c1-3-15-11-9-5-4-8(14-2)6-10(9)12-7-13-11/h4-7H,3H2,1-2H3. The fourth-order valence-electron chi connectivity index (χ4n) is 1.39. The fourth-order valence-corrected chi connectivity index (χ4v) is 1.39. The Morgan fingerprint density at radius 3 is 2.87 bits per heavy atom. The van der Waals surface area contributed by atoms with Crippen LogP contribution in [0.15, 0.2) is 24.5 Å². The van der Waals surface area contributed by atoms with E-state index < -0.39 is 0 Å². The van der Waals surface area contributed by atoms with Gasteiger partial charge in [0.05, 0.1) is 24.6 Å². The van der Waals surface area contributed by atoms with Crippen molar-refractivity contribution in [3.8, 4) is 11.6 Å². The quantitative estimate of drug-likeness (QED) is 0.767. The molecule has 0 aliphatic heterocycles. The largest absolute Gasteiger partial charge is 0.497 e. The summed E-state index contributed by atoms with van der Waals surface area (Å²) in [5.41, 5.74) is 0.827. The van der Waals surface area contributed by atoms with Gasteiger partial charge in [-0.3, -0.25) is 0 Å². The van der Waals surface area contributed by atoms with E-state index in [1.807, 2.05) is 25.1 Å². The second kappa shape index (κ2) is 4.13. The van der Waals surface area contributed by atoms with Gasteiger partial charge in [-0.2, -0.15) is 0 Å². The highest BCUT2D eigenvalue weighted by molar-refractivity contribution is 5.84. The number of benzene rings is 1. The first kappa shape index (κ1) is 9.71. The number of hydrogen-bond acceptors (Lipinski definition) is 4. The highest BCUT2D eigenvalue weighted by Gasteiger charge is 2.04. The maximum absolute atomic E-state index is 5.40. The number of methoxy groups -OCH3 is 1. The lowest BCUT2D eigenvalue weighted by molar-refractivity contribution is 0.331. The van der Waals surface area contributed by atoms with Crippen LogP contribution in [0.4, 0.5) is 0 Å². The van der Waals surface area contributed by atoms with E-state index >= 15 is 0 Å². The molecule has 78 valence electrons. The summed E-state index contributed by atoms with van der Waals surface area (Å²) >= 11 is 0. The minimum atomic E-state index is 0.595. The van der Waals surface area contributed by atoms with E-state index in [4.69, 9.17) is 9.47 Å². The Morgan fingerprint density at radius 2 is 2.13 bits per heavy atom. The Kier molecular flexibility index (Phi) is 2.67. The van der Waals surface area contributed by atoms with Crippen LogP contribution in [0.2, 0.25) is 0 Å². The minimum Gasteiger partial charge on any atom is -0.497 e. The van der Waals surface area contributed by atoms with Crippen molar-refractivity contribution in [1.82, 2.24) is 9.97 Å². The third-order valence-corrected chi connectivity index (χ3v) is 2.09. The van der Waals surface area contributed by atoms with Gasteiger partial charge in [-0.1, -0.05) is 0 Å². The topological polar surface area (TPSA) is 44.2 Å². The summed E-state index contributed by atoms with van der Waals surface area (Å²) in [6, 6.07) is 5.63. The normalized spacial score (nSPS) is 10.3. The molecular formula is C11H12N2O2. The summed E-state index contributed by atoms with van der Waals surface area (Å²) in [5, 5.41) is 0.903. The average molecular weight is 204 g/mol. The lowest BCUT2D eigenvalue weighted by atomic mass is 10.2. The van der Waals surface area contributed by atoms with Crippen LogP contribution in [-0.4, -0.2) is 23.7 Å². The smallest absolute Gasteiger partial charge is 0.224 e. The van der Waals surface area contributed by atoms with Gasteiger partial charge in [0.15, 0.2) is 0 Å². The molecule has 0 saturated carbocycles. The first-order valence-electron chi connectivity index (χ1n) is 4.76. The monoisotopic (exact) mass is 204 g/mol. The maximum Gasteiger partial charge on any atom is 0.224 e. The average Bonchev–Trinajstić information content (AvgIpc) is 2.29. The third kappa shape index (κ3) is 1.83. The van der Waals surface area contributed by atoms with E-state index in [9.17, 15) is 0 Å². The predicted molar refractivity (Wildman–Crippen MR) is 57.3 cm³/mol. The van der Waals surface area contributed by atoms with E-state index in [-0.39, 0.29) is 0 Å². The van der Waals surface area contributed by atoms with Gasteiger partial charge in [-0.25, -0.2) is 9.97 Å². The van der Waals surface area contributed by atoms with E-state index in [1.165, 1.54) is 6.33 Å². The van der Waals surface area contributed by atoms with Gasteiger partial charge in [0.2, 0.25) is 5.88 Å². The van der Waals surface area contributed by atoms with Gasteiger partial charge in [-0.15, -0.1) is 0 Å². The molecule has 0 N–H and O–H groups in total. The maximum atomic E-state index is 5.40. The van der Waals surface area contributed by atoms with Crippen molar-refractivity contribution in [3.63, 3.8) is 0 Å². The van der Waals surface area contributed by atoms with Crippen molar-refractivity contribution in [2.75, 3.05) is 13.7 Å². The van der Waals surface area contributed by atoms with E-state index in [0.717, 1.165) is 16.7 Å². The molecule has 1 heterocycles. The van der Waals surface area contributed by atoms with Crippen LogP contribution in [0.3, 0.4) is 0 Å². The van der Waals surface area contributed by atoms with Gasteiger partial charge in [0, 0.05) is 6.07 Å². The number of aromatic nitrogens is 2. The van der Waals surface area contributed by atoms with E-state index in [0.29, 0.717) is 12.5 Å². The number of hydrogen-bond donors (Lipinski definition) is 0. The van der Waals surface area contributed by atoms with Crippen molar-refractivity contribution in [2.24, 2.45) is 0 Å². The molecule has 0 saturated heterocycles. The molecule has 0 fully saturated rings. The van der Waals surface area contributed by atoms with Crippen LogP contribution in [0, 0.1) is 0 Å². The number of fused-ring (bicyclic) bond motifs is 1. The van der Waals surface area contributed by atoms with Crippen LogP contribution < -0.4 is 9.47 Å². The Labute approximate surface area is 87.9 Å². The predicted octanol–water partition coefficient (Wildman–Crippen LogP) is 2.04.